The van der Waals surface area contributed by atoms with Gasteiger partial charge in [-0.3, -0.25) is 10.1 Å². The number of hydrogen-bond acceptors (Lipinski definition) is 6. The molecule has 1 amide bonds. The number of nitrogens with zero attached hydrogens (tertiary/aromatic N) is 2. The topological polar surface area (TPSA) is 73.3 Å². The Morgan fingerprint density at radius 3 is 2.44 bits per heavy atom. The minimum Gasteiger partial charge on any atom is -0.490 e. The summed E-state index contributed by atoms with van der Waals surface area (Å²) in [4.78, 5) is 12.5. The maximum Gasteiger partial charge on any atom is 0.257 e. The Hall–Kier alpha value is -2.64. The van der Waals surface area contributed by atoms with Crippen LogP contribution in [0.1, 0.15) is 24.2 Å². The molecule has 27 heavy (non-hydrogen) atoms. The average molecular weight is 404 g/mol. The van der Waals surface area contributed by atoms with E-state index < -0.39 is 0 Å². The minimum atomic E-state index is -0.294. The Labute approximate surface area is 166 Å². The first-order valence-electron chi connectivity index (χ1n) is 8.41. The number of rotatable bonds is 7. The SMILES string of the molecule is CCOc1ccc(C(=O)Nc2nnc(-c3ccc(Cl)cc3)s2)cc1OCC. The number of anilines is 1. The summed E-state index contributed by atoms with van der Waals surface area (Å²) >= 11 is 7.19. The Morgan fingerprint density at radius 1 is 1.04 bits per heavy atom. The quantitative estimate of drug-likeness (QED) is 0.606. The number of ether oxygens (including phenoxy) is 2. The highest BCUT2D eigenvalue weighted by atomic mass is 35.5. The molecule has 0 spiro atoms. The average Bonchev–Trinajstić information content (AvgIpc) is 3.12. The van der Waals surface area contributed by atoms with Crippen LogP contribution in [0.3, 0.4) is 0 Å². The maximum atomic E-state index is 12.5. The molecule has 0 saturated heterocycles. The number of nitrogens with one attached hydrogen (secondary N) is 1. The van der Waals surface area contributed by atoms with Crippen molar-refractivity contribution >= 4 is 34.0 Å². The van der Waals surface area contributed by atoms with Crippen LogP contribution in [-0.2, 0) is 0 Å². The van der Waals surface area contributed by atoms with E-state index in [0.717, 1.165) is 5.56 Å². The first kappa shape index (κ1) is 19.1. The molecule has 8 heteroatoms. The van der Waals surface area contributed by atoms with Gasteiger partial charge in [0.1, 0.15) is 5.01 Å². The first-order valence-corrected chi connectivity index (χ1v) is 9.60. The molecule has 1 aromatic heterocycles. The summed E-state index contributed by atoms with van der Waals surface area (Å²) in [6, 6.07) is 12.3. The second-order valence-electron chi connectivity index (χ2n) is 5.40. The van der Waals surface area contributed by atoms with Crippen LogP contribution in [0.5, 0.6) is 11.5 Å². The molecule has 1 heterocycles. The van der Waals surface area contributed by atoms with Crippen molar-refractivity contribution < 1.29 is 14.3 Å². The molecule has 140 valence electrons. The minimum absolute atomic E-state index is 0.294. The Balaban J connectivity index is 1.75. The molecular weight excluding hydrogens is 386 g/mol. The van der Waals surface area contributed by atoms with E-state index in [-0.39, 0.29) is 5.91 Å². The van der Waals surface area contributed by atoms with Crippen LogP contribution in [0, 0.1) is 0 Å². The summed E-state index contributed by atoms with van der Waals surface area (Å²) in [6.45, 7) is 4.77. The molecule has 6 nitrogen and oxygen atoms in total. The molecule has 0 radical (unpaired) electrons. The number of benzene rings is 2. The standard InChI is InChI=1S/C19H18ClN3O3S/c1-3-25-15-10-7-13(11-16(15)26-4-2)17(24)21-19-23-22-18(27-19)12-5-8-14(20)9-6-12/h5-11H,3-4H2,1-2H3,(H,21,23,24). The molecule has 0 saturated carbocycles. The molecule has 3 rings (SSSR count). The number of carbonyl (C=O) groups is 1. The van der Waals surface area contributed by atoms with E-state index in [1.54, 1.807) is 30.3 Å². The van der Waals surface area contributed by atoms with Gasteiger partial charge in [0, 0.05) is 16.1 Å². The van der Waals surface area contributed by atoms with Crippen molar-refractivity contribution in [1.29, 1.82) is 0 Å². The van der Waals surface area contributed by atoms with Gasteiger partial charge in [0.2, 0.25) is 5.13 Å². The van der Waals surface area contributed by atoms with E-state index >= 15 is 0 Å². The zero-order chi connectivity index (χ0) is 19.2. The third-order valence-electron chi connectivity index (χ3n) is 3.54. The fourth-order valence-electron chi connectivity index (χ4n) is 2.34. The van der Waals surface area contributed by atoms with Crippen molar-refractivity contribution in [2.45, 2.75) is 13.8 Å². The van der Waals surface area contributed by atoms with Gasteiger partial charge < -0.3 is 9.47 Å². The lowest BCUT2D eigenvalue weighted by Crippen LogP contribution is -2.12. The van der Waals surface area contributed by atoms with Gasteiger partial charge in [0.25, 0.3) is 5.91 Å². The molecule has 0 atom stereocenters. The molecule has 0 bridgehead atoms. The molecule has 0 fully saturated rings. The van der Waals surface area contributed by atoms with Gasteiger partial charge in [-0.2, -0.15) is 0 Å². The lowest BCUT2D eigenvalue weighted by molar-refractivity contribution is 0.102. The molecule has 2 aromatic carbocycles. The second-order valence-corrected chi connectivity index (χ2v) is 6.81. The van der Waals surface area contributed by atoms with Gasteiger partial charge in [0.05, 0.1) is 13.2 Å². The molecule has 0 aliphatic carbocycles. The van der Waals surface area contributed by atoms with Gasteiger partial charge in [-0.25, -0.2) is 0 Å². The van der Waals surface area contributed by atoms with Gasteiger partial charge in [-0.05, 0) is 44.2 Å². The third-order valence-corrected chi connectivity index (χ3v) is 4.68. The lowest BCUT2D eigenvalue weighted by atomic mass is 10.2. The maximum absolute atomic E-state index is 12.5. The molecular formula is C19H18ClN3O3S. The number of amides is 1. The highest BCUT2D eigenvalue weighted by molar-refractivity contribution is 7.18. The Morgan fingerprint density at radius 2 is 1.74 bits per heavy atom. The molecule has 0 aliphatic rings. The summed E-state index contributed by atoms with van der Waals surface area (Å²) in [6.07, 6.45) is 0. The van der Waals surface area contributed by atoms with E-state index in [0.29, 0.717) is 45.4 Å². The van der Waals surface area contributed by atoms with Crippen molar-refractivity contribution in [2.24, 2.45) is 0 Å². The van der Waals surface area contributed by atoms with Crippen molar-refractivity contribution in [3.05, 3.63) is 53.1 Å². The smallest absolute Gasteiger partial charge is 0.257 e. The molecule has 3 aromatic rings. The van der Waals surface area contributed by atoms with Gasteiger partial charge in [0.15, 0.2) is 11.5 Å². The fraction of sp³-hybridized carbons (Fsp3) is 0.211. The fourth-order valence-corrected chi connectivity index (χ4v) is 3.21. The van der Waals surface area contributed by atoms with Crippen LogP contribution in [0.25, 0.3) is 10.6 Å². The monoisotopic (exact) mass is 403 g/mol. The van der Waals surface area contributed by atoms with E-state index in [9.17, 15) is 4.79 Å². The van der Waals surface area contributed by atoms with Crippen molar-refractivity contribution in [3.63, 3.8) is 0 Å². The predicted octanol–water partition coefficient (Wildman–Crippen LogP) is 4.91. The van der Waals surface area contributed by atoms with E-state index in [1.165, 1.54) is 11.3 Å². The second kappa shape index (κ2) is 8.83. The van der Waals surface area contributed by atoms with Crippen LogP contribution in [0.4, 0.5) is 5.13 Å². The molecule has 0 unspecified atom stereocenters. The molecule has 0 aliphatic heterocycles. The Bertz CT molecular complexity index is 928. The van der Waals surface area contributed by atoms with Crippen molar-refractivity contribution in [3.8, 4) is 22.1 Å². The highest BCUT2D eigenvalue weighted by Crippen LogP contribution is 2.30. The summed E-state index contributed by atoms with van der Waals surface area (Å²) in [5.41, 5.74) is 1.34. The molecule has 1 N–H and O–H groups in total. The van der Waals surface area contributed by atoms with Gasteiger partial charge in [-0.1, -0.05) is 35.1 Å². The van der Waals surface area contributed by atoms with Crippen LogP contribution in [-0.4, -0.2) is 29.3 Å². The predicted molar refractivity (Wildman–Crippen MR) is 107 cm³/mol. The van der Waals surface area contributed by atoms with Gasteiger partial charge in [-0.15, -0.1) is 10.2 Å². The highest BCUT2D eigenvalue weighted by Gasteiger charge is 2.14. The van der Waals surface area contributed by atoms with Crippen molar-refractivity contribution in [2.75, 3.05) is 18.5 Å². The summed E-state index contributed by atoms with van der Waals surface area (Å²) in [7, 11) is 0. The van der Waals surface area contributed by atoms with Gasteiger partial charge >= 0.3 is 0 Å². The van der Waals surface area contributed by atoms with E-state index in [1.807, 2.05) is 26.0 Å². The van der Waals surface area contributed by atoms with Crippen LogP contribution >= 0.6 is 22.9 Å². The van der Waals surface area contributed by atoms with E-state index in [4.69, 9.17) is 21.1 Å². The summed E-state index contributed by atoms with van der Waals surface area (Å²) < 4.78 is 11.1. The first-order chi connectivity index (χ1) is 13.1. The van der Waals surface area contributed by atoms with Crippen LogP contribution < -0.4 is 14.8 Å². The summed E-state index contributed by atoms with van der Waals surface area (Å²) in [5, 5.41) is 12.7. The number of halogens is 1. The zero-order valence-corrected chi connectivity index (χ0v) is 16.4. The zero-order valence-electron chi connectivity index (χ0n) is 14.9. The summed E-state index contributed by atoms with van der Waals surface area (Å²) in [5.74, 6) is 0.848. The normalized spacial score (nSPS) is 10.5. The third kappa shape index (κ3) is 4.75. The number of hydrogen-bond donors (Lipinski definition) is 1. The lowest BCUT2D eigenvalue weighted by Gasteiger charge is -2.12. The Kier molecular flexibility index (Phi) is 6.26. The number of carbonyl (C=O) groups excluding carboxylic acids is 1. The largest absolute Gasteiger partial charge is 0.490 e. The number of aromatic nitrogens is 2. The van der Waals surface area contributed by atoms with Crippen LogP contribution in [0.2, 0.25) is 5.02 Å². The van der Waals surface area contributed by atoms with Crippen molar-refractivity contribution in [1.82, 2.24) is 10.2 Å². The van der Waals surface area contributed by atoms with E-state index in [2.05, 4.69) is 15.5 Å². The van der Waals surface area contributed by atoms with Crippen LogP contribution in [0.15, 0.2) is 42.5 Å².